The zero-order valence-corrected chi connectivity index (χ0v) is 19.9. The van der Waals surface area contributed by atoms with E-state index in [1.165, 1.54) is 32.1 Å². The van der Waals surface area contributed by atoms with Crippen molar-refractivity contribution in [1.29, 1.82) is 0 Å². The first-order valence-electron chi connectivity index (χ1n) is 9.82. The van der Waals surface area contributed by atoms with Gasteiger partial charge in [-0.1, -0.05) is 26.7 Å². The molecule has 156 valence electrons. The van der Waals surface area contributed by atoms with Gasteiger partial charge in [0, 0.05) is 27.2 Å². The molecule has 0 spiro atoms. The SMILES string of the molecule is COCCNC(=NCc1nnc(C)n1C)NCC1(CC(C)C)CCCC1.I. The molecular weight excluding hydrogens is 455 g/mol. The zero-order valence-electron chi connectivity index (χ0n) is 17.5. The van der Waals surface area contributed by atoms with Crippen molar-refractivity contribution in [2.45, 2.75) is 59.4 Å². The van der Waals surface area contributed by atoms with E-state index in [4.69, 9.17) is 9.73 Å². The van der Waals surface area contributed by atoms with Crippen LogP contribution < -0.4 is 10.6 Å². The summed E-state index contributed by atoms with van der Waals surface area (Å²) >= 11 is 0. The summed E-state index contributed by atoms with van der Waals surface area (Å²) in [6, 6.07) is 0. The number of methoxy groups -OCH3 is 1. The minimum Gasteiger partial charge on any atom is -0.383 e. The molecule has 1 aromatic heterocycles. The third-order valence-electron chi connectivity index (χ3n) is 5.30. The van der Waals surface area contributed by atoms with Crippen molar-refractivity contribution in [3.8, 4) is 0 Å². The van der Waals surface area contributed by atoms with Crippen LogP contribution in [0.3, 0.4) is 0 Å². The summed E-state index contributed by atoms with van der Waals surface area (Å²) in [7, 11) is 3.69. The Hall–Kier alpha value is -0.900. The fourth-order valence-corrected chi connectivity index (χ4v) is 3.90. The van der Waals surface area contributed by atoms with Gasteiger partial charge in [0.15, 0.2) is 11.8 Å². The average molecular weight is 492 g/mol. The standard InChI is InChI=1S/C19H36N6O.HI/c1-15(2)12-19(8-6-7-9-19)14-22-18(20-10-11-26-5)21-13-17-24-23-16(3)25(17)4;/h15H,6-14H2,1-5H3,(H2,20,21,22);1H. The fourth-order valence-electron chi connectivity index (χ4n) is 3.90. The normalized spacial score (nSPS) is 16.4. The number of hydrogen-bond donors (Lipinski definition) is 2. The van der Waals surface area contributed by atoms with Gasteiger partial charge < -0.3 is 19.9 Å². The second-order valence-electron chi connectivity index (χ2n) is 7.97. The lowest BCUT2D eigenvalue weighted by molar-refractivity contribution is 0.203. The minimum absolute atomic E-state index is 0. The second kappa shape index (κ2) is 11.8. The van der Waals surface area contributed by atoms with Crippen LogP contribution in [0.15, 0.2) is 4.99 Å². The molecule has 0 bridgehead atoms. The van der Waals surface area contributed by atoms with Gasteiger partial charge in [-0.05, 0) is 37.5 Å². The van der Waals surface area contributed by atoms with Crippen molar-refractivity contribution in [2.75, 3.05) is 26.8 Å². The van der Waals surface area contributed by atoms with E-state index in [0.29, 0.717) is 18.6 Å². The van der Waals surface area contributed by atoms with Gasteiger partial charge >= 0.3 is 0 Å². The highest BCUT2D eigenvalue weighted by Gasteiger charge is 2.34. The first-order valence-corrected chi connectivity index (χ1v) is 9.82. The molecule has 1 heterocycles. The Morgan fingerprint density at radius 1 is 1.26 bits per heavy atom. The molecule has 8 heteroatoms. The molecule has 1 aliphatic rings. The summed E-state index contributed by atoms with van der Waals surface area (Å²) < 4.78 is 7.14. The van der Waals surface area contributed by atoms with Crippen LogP contribution >= 0.6 is 24.0 Å². The minimum atomic E-state index is 0. The Kier molecular flexibility index (Phi) is 10.6. The van der Waals surface area contributed by atoms with Gasteiger partial charge in [0.2, 0.25) is 0 Å². The van der Waals surface area contributed by atoms with Crippen LogP contribution in [-0.2, 0) is 18.3 Å². The molecule has 7 nitrogen and oxygen atoms in total. The molecular formula is C19H37IN6O. The zero-order chi connectivity index (χ0) is 19.0. The van der Waals surface area contributed by atoms with Crippen LogP contribution in [0.4, 0.5) is 0 Å². The van der Waals surface area contributed by atoms with Gasteiger partial charge in [-0.15, -0.1) is 34.2 Å². The van der Waals surface area contributed by atoms with E-state index in [0.717, 1.165) is 36.6 Å². The summed E-state index contributed by atoms with van der Waals surface area (Å²) in [5.74, 6) is 3.32. The molecule has 0 aromatic carbocycles. The maximum atomic E-state index is 5.16. The van der Waals surface area contributed by atoms with Crippen LogP contribution in [-0.4, -0.2) is 47.5 Å². The van der Waals surface area contributed by atoms with E-state index >= 15 is 0 Å². The lowest BCUT2D eigenvalue weighted by Gasteiger charge is -2.32. The van der Waals surface area contributed by atoms with Gasteiger partial charge in [0.1, 0.15) is 12.4 Å². The molecule has 0 atom stereocenters. The topological polar surface area (TPSA) is 76.4 Å². The van der Waals surface area contributed by atoms with Gasteiger partial charge in [-0.2, -0.15) is 0 Å². The largest absolute Gasteiger partial charge is 0.383 e. The van der Waals surface area contributed by atoms with Crippen molar-refractivity contribution in [3.05, 3.63) is 11.6 Å². The van der Waals surface area contributed by atoms with Crippen molar-refractivity contribution in [2.24, 2.45) is 23.4 Å². The Morgan fingerprint density at radius 3 is 2.52 bits per heavy atom. The smallest absolute Gasteiger partial charge is 0.191 e. The number of hydrogen-bond acceptors (Lipinski definition) is 4. The predicted molar refractivity (Wildman–Crippen MR) is 121 cm³/mol. The van der Waals surface area contributed by atoms with Gasteiger partial charge in [0.25, 0.3) is 0 Å². The molecule has 2 rings (SSSR count). The lowest BCUT2D eigenvalue weighted by Crippen LogP contribution is -2.44. The van der Waals surface area contributed by atoms with Gasteiger partial charge in [-0.25, -0.2) is 4.99 Å². The number of aromatic nitrogens is 3. The molecule has 0 radical (unpaired) electrons. The Balaban J connectivity index is 0.00000364. The van der Waals surface area contributed by atoms with E-state index in [-0.39, 0.29) is 24.0 Å². The third-order valence-corrected chi connectivity index (χ3v) is 5.30. The Bertz CT molecular complexity index is 581. The summed E-state index contributed by atoms with van der Waals surface area (Å²) in [5, 5.41) is 15.3. The number of rotatable bonds is 9. The monoisotopic (exact) mass is 492 g/mol. The Labute approximate surface area is 181 Å². The molecule has 0 unspecified atom stereocenters. The number of halogens is 1. The van der Waals surface area contributed by atoms with Crippen LogP contribution in [0.2, 0.25) is 0 Å². The number of nitrogens with zero attached hydrogens (tertiary/aromatic N) is 4. The summed E-state index contributed by atoms with van der Waals surface area (Å²) in [4.78, 5) is 4.73. The summed E-state index contributed by atoms with van der Waals surface area (Å²) in [6.45, 7) is 9.47. The number of aliphatic imine (C=N–C) groups is 1. The molecule has 1 aromatic rings. The van der Waals surface area contributed by atoms with Crippen molar-refractivity contribution in [3.63, 3.8) is 0 Å². The van der Waals surface area contributed by atoms with Crippen molar-refractivity contribution < 1.29 is 4.74 Å². The highest BCUT2D eigenvalue weighted by Crippen LogP contribution is 2.42. The molecule has 0 aliphatic heterocycles. The maximum absolute atomic E-state index is 5.16. The van der Waals surface area contributed by atoms with E-state index in [2.05, 4.69) is 34.7 Å². The van der Waals surface area contributed by atoms with E-state index in [9.17, 15) is 0 Å². The van der Waals surface area contributed by atoms with Crippen molar-refractivity contribution in [1.82, 2.24) is 25.4 Å². The fraction of sp³-hybridized carbons (Fsp3) is 0.842. The summed E-state index contributed by atoms with van der Waals surface area (Å²) in [6.07, 6.45) is 6.58. The lowest BCUT2D eigenvalue weighted by atomic mass is 9.78. The van der Waals surface area contributed by atoms with Gasteiger partial charge in [0.05, 0.1) is 6.61 Å². The highest BCUT2D eigenvalue weighted by molar-refractivity contribution is 14.0. The van der Waals surface area contributed by atoms with Gasteiger partial charge in [-0.3, -0.25) is 0 Å². The molecule has 27 heavy (non-hydrogen) atoms. The number of nitrogens with one attached hydrogen (secondary N) is 2. The van der Waals surface area contributed by atoms with E-state index in [1.54, 1.807) is 7.11 Å². The van der Waals surface area contributed by atoms with Crippen molar-refractivity contribution >= 4 is 29.9 Å². The number of ether oxygens (including phenoxy) is 1. The Morgan fingerprint density at radius 2 is 1.96 bits per heavy atom. The first-order chi connectivity index (χ1) is 12.5. The third kappa shape index (κ3) is 7.56. The highest BCUT2D eigenvalue weighted by atomic mass is 127. The molecule has 1 aliphatic carbocycles. The number of aryl methyl sites for hydroxylation is 1. The molecule has 2 N–H and O–H groups in total. The summed E-state index contributed by atoms with van der Waals surface area (Å²) in [5.41, 5.74) is 0.402. The molecule has 1 saturated carbocycles. The van der Waals surface area contributed by atoms with Crippen LogP contribution in [0, 0.1) is 18.3 Å². The quantitative estimate of drug-likeness (QED) is 0.240. The average Bonchev–Trinajstić information content (AvgIpc) is 3.18. The molecule has 0 saturated heterocycles. The first kappa shape index (κ1) is 24.1. The predicted octanol–water partition coefficient (Wildman–Crippen LogP) is 3.03. The number of guanidine groups is 1. The second-order valence-corrected chi connectivity index (χ2v) is 7.97. The van der Waals surface area contributed by atoms with Crippen LogP contribution in [0.25, 0.3) is 0 Å². The van der Waals surface area contributed by atoms with Crippen LogP contribution in [0.1, 0.15) is 57.6 Å². The maximum Gasteiger partial charge on any atom is 0.191 e. The van der Waals surface area contributed by atoms with Crippen LogP contribution in [0.5, 0.6) is 0 Å². The molecule has 1 fully saturated rings. The van der Waals surface area contributed by atoms with E-state index in [1.807, 2.05) is 18.5 Å². The van der Waals surface area contributed by atoms with E-state index < -0.39 is 0 Å². The molecule has 0 amide bonds.